The number of nitrogens with two attached hydrogens (primary N) is 1. The van der Waals surface area contributed by atoms with E-state index in [2.05, 4.69) is 5.32 Å². The minimum absolute atomic E-state index is 0.0884. The van der Waals surface area contributed by atoms with E-state index in [1.807, 2.05) is 20.8 Å². The number of nitrogens with one attached hydrogen (secondary N) is 1. The lowest BCUT2D eigenvalue weighted by molar-refractivity contribution is -0.123. The summed E-state index contributed by atoms with van der Waals surface area (Å²) in [5.41, 5.74) is 5.14. The topological polar surface area (TPSA) is 81.4 Å². The van der Waals surface area contributed by atoms with Crippen molar-refractivity contribution in [3.63, 3.8) is 0 Å². The van der Waals surface area contributed by atoms with Crippen LogP contribution in [0, 0.1) is 5.41 Å². The van der Waals surface area contributed by atoms with E-state index < -0.39 is 11.3 Å². The van der Waals surface area contributed by atoms with E-state index in [0.29, 0.717) is 11.4 Å². The first-order chi connectivity index (χ1) is 8.29. The molecule has 0 saturated carbocycles. The molecule has 0 heterocycles. The van der Waals surface area contributed by atoms with Gasteiger partial charge in [-0.05, 0) is 12.1 Å². The molecule has 98 valence electrons. The summed E-state index contributed by atoms with van der Waals surface area (Å²) in [6.45, 7) is 5.30. The van der Waals surface area contributed by atoms with E-state index in [9.17, 15) is 9.59 Å². The van der Waals surface area contributed by atoms with Crippen molar-refractivity contribution in [2.45, 2.75) is 20.8 Å². The largest absolute Gasteiger partial charge is 0.484 e. The van der Waals surface area contributed by atoms with E-state index in [-0.39, 0.29) is 12.5 Å². The third-order valence-electron chi connectivity index (χ3n) is 2.15. The number of primary amides is 1. The molecule has 0 bridgehead atoms. The highest BCUT2D eigenvalue weighted by atomic mass is 16.5. The molecule has 3 N–H and O–H groups in total. The average Bonchev–Trinajstić information content (AvgIpc) is 2.25. The fourth-order valence-electron chi connectivity index (χ4n) is 1.14. The van der Waals surface area contributed by atoms with Crippen LogP contribution in [0.3, 0.4) is 0 Å². The highest BCUT2D eigenvalue weighted by Crippen LogP contribution is 2.21. The lowest BCUT2D eigenvalue weighted by Crippen LogP contribution is -2.27. The van der Waals surface area contributed by atoms with Gasteiger partial charge in [0.25, 0.3) is 5.91 Å². The van der Waals surface area contributed by atoms with Crippen molar-refractivity contribution in [3.8, 4) is 5.75 Å². The van der Waals surface area contributed by atoms with Gasteiger partial charge in [-0.25, -0.2) is 0 Å². The van der Waals surface area contributed by atoms with Crippen molar-refractivity contribution >= 4 is 17.5 Å². The number of hydrogen-bond donors (Lipinski definition) is 2. The van der Waals surface area contributed by atoms with Crippen LogP contribution in [0.5, 0.6) is 5.75 Å². The first-order valence-corrected chi connectivity index (χ1v) is 5.61. The van der Waals surface area contributed by atoms with Gasteiger partial charge in [0, 0.05) is 17.2 Å². The quantitative estimate of drug-likeness (QED) is 0.850. The standard InChI is InChI=1S/C13H18N2O3/c1-13(2,3)12(17)15-9-5-4-6-10(7-9)18-8-11(14)16/h4-7H,8H2,1-3H3,(H2,14,16)(H,15,17). The van der Waals surface area contributed by atoms with Crippen LogP contribution in [0.2, 0.25) is 0 Å². The number of benzene rings is 1. The van der Waals surface area contributed by atoms with Gasteiger partial charge in [0.1, 0.15) is 5.75 Å². The monoisotopic (exact) mass is 250 g/mol. The van der Waals surface area contributed by atoms with Gasteiger partial charge in [0.05, 0.1) is 0 Å². The van der Waals surface area contributed by atoms with Crippen LogP contribution in [0.15, 0.2) is 24.3 Å². The molecule has 0 atom stereocenters. The van der Waals surface area contributed by atoms with Crippen LogP contribution in [-0.2, 0) is 9.59 Å². The van der Waals surface area contributed by atoms with Gasteiger partial charge < -0.3 is 15.8 Å². The molecule has 1 rings (SSSR count). The maximum Gasteiger partial charge on any atom is 0.255 e. The lowest BCUT2D eigenvalue weighted by atomic mass is 9.95. The molecule has 0 spiro atoms. The van der Waals surface area contributed by atoms with Gasteiger partial charge in [0.2, 0.25) is 5.91 Å². The van der Waals surface area contributed by atoms with Crippen LogP contribution in [0.25, 0.3) is 0 Å². The Balaban J connectivity index is 2.70. The molecule has 0 aliphatic rings. The van der Waals surface area contributed by atoms with Crippen molar-refractivity contribution in [1.29, 1.82) is 0 Å². The van der Waals surface area contributed by atoms with Crippen LogP contribution < -0.4 is 15.8 Å². The summed E-state index contributed by atoms with van der Waals surface area (Å²) in [5.74, 6) is -0.144. The molecular formula is C13H18N2O3. The molecule has 5 heteroatoms. The summed E-state index contributed by atoms with van der Waals surface area (Å²) in [6, 6.07) is 6.82. The van der Waals surface area contributed by atoms with Crippen LogP contribution in [-0.4, -0.2) is 18.4 Å². The van der Waals surface area contributed by atoms with E-state index in [4.69, 9.17) is 10.5 Å². The highest BCUT2D eigenvalue weighted by Gasteiger charge is 2.21. The number of ether oxygens (including phenoxy) is 1. The number of anilines is 1. The van der Waals surface area contributed by atoms with Gasteiger partial charge in [0.15, 0.2) is 6.61 Å². The molecule has 5 nitrogen and oxygen atoms in total. The minimum Gasteiger partial charge on any atom is -0.484 e. The summed E-state index contributed by atoms with van der Waals surface area (Å²) >= 11 is 0. The Bertz CT molecular complexity index is 450. The second kappa shape index (κ2) is 5.53. The second-order valence-corrected chi connectivity index (χ2v) is 4.99. The fourth-order valence-corrected chi connectivity index (χ4v) is 1.14. The maximum atomic E-state index is 11.8. The molecule has 18 heavy (non-hydrogen) atoms. The van der Waals surface area contributed by atoms with Gasteiger partial charge in [-0.15, -0.1) is 0 Å². The molecule has 0 aliphatic heterocycles. The molecule has 2 amide bonds. The van der Waals surface area contributed by atoms with Crippen LogP contribution in [0.1, 0.15) is 20.8 Å². The number of carbonyl (C=O) groups is 2. The summed E-state index contributed by atoms with van der Waals surface area (Å²) in [5, 5.41) is 2.77. The third kappa shape index (κ3) is 4.45. The first-order valence-electron chi connectivity index (χ1n) is 5.61. The summed E-state index contributed by atoms with van der Waals surface area (Å²) in [4.78, 5) is 22.4. The summed E-state index contributed by atoms with van der Waals surface area (Å²) < 4.78 is 5.15. The number of carbonyl (C=O) groups excluding carboxylic acids is 2. The first kappa shape index (κ1) is 14.0. The van der Waals surface area contributed by atoms with Crippen molar-refractivity contribution in [2.75, 3.05) is 11.9 Å². The Morgan fingerprint density at radius 1 is 1.33 bits per heavy atom. The lowest BCUT2D eigenvalue weighted by Gasteiger charge is -2.18. The molecule has 0 fully saturated rings. The van der Waals surface area contributed by atoms with E-state index in [1.54, 1.807) is 24.3 Å². The van der Waals surface area contributed by atoms with E-state index in [0.717, 1.165) is 0 Å². The van der Waals surface area contributed by atoms with Crippen molar-refractivity contribution in [2.24, 2.45) is 11.1 Å². The SMILES string of the molecule is CC(C)(C)C(=O)Nc1cccc(OCC(N)=O)c1. The molecule has 0 unspecified atom stereocenters. The fraction of sp³-hybridized carbons (Fsp3) is 0.385. The highest BCUT2D eigenvalue weighted by molar-refractivity contribution is 5.94. The normalized spacial score (nSPS) is 10.8. The van der Waals surface area contributed by atoms with Crippen LogP contribution >= 0.6 is 0 Å². The third-order valence-corrected chi connectivity index (χ3v) is 2.15. The number of rotatable bonds is 4. The zero-order valence-corrected chi connectivity index (χ0v) is 10.8. The van der Waals surface area contributed by atoms with Crippen molar-refractivity contribution in [3.05, 3.63) is 24.3 Å². The van der Waals surface area contributed by atoms with E-state index in [1.165, 1.54) is 0 Å². The predicted molar refractivity (Wildman–Crippen MR) is 69.2 cm³/mol. The molecular weight excluding hydrogens is 232 g/mol. The summed E-state index contributed by atoms with van der Waals surface area (Å²) in [7, 11) is 0. The van der Waals surface area contributed by atoms with Gasteiger partial charge in [-0.3, -0.25) is 9.59 Å². The van der Waals surface area contributed by atoms with Gasteiger partial charge in [-0.2, -0.15) is 0 Å². The Hall–Kier alpha value is -2.04. The maximum absolute atomic E-state index is 11.8. The molecule has 1 aromatic carbocycles. The molecule has 0 aliphatic carbocycles. The second-order valence-electron chi connectivity index (χ2n) is 4.99. The summed E-state index contributed by atoms with van der Waals surface area (Å²) in [6.07, 6.45) is 0. The Kier molecular flexibility index (Phi) is 4.31. The molecule has 0 saturated heterocycles. The Morgan fingerprint density at radius 3 is 2.56 bits per heavy atom. The van der Waals surface area contributed by atoms with Gasteiger partial charge >= 0.3 is 0 Å². The van der Waals surface area contributed by atoms with Crippen molar-refractivity contribution in [1.82, 2.24) is 0 Å². The molecule has 0 radical (unpaired) electrons. The smallest absolute Gasteiger partial charge is 0.255 e. The van der Waals surface area contributed by atoms with Gasteiger partial charge in [-0.1, -0.05) is 26.8 Å². The molecule has 1 aromatic rings. The van der Waals surface area contributed by atoms with Crippen molar-refractivity contribution < 1.29 is 14.3 Å². The predicted octanol–water partition coefficient (Wildman–Crippen LogP) is 1.54. The van der Waals surface area contributed by atoms with Crippen LogP contribution in [0.4, 0.5) is 5.69 Å². The Labute approximate surface area is 106 Å². The minimum atomic E-state index is -0.542. The average molecular weight is 250 g/mol. The Morgan fingerprint density at radius 2 is 2.00 bits per heavy atom. The zero-order valence-electron chi connectivity index (χ0n) is 10.8. The zero-order chi connectivity index (χ0) is 13.8. The number of amides is 2. The molecule has 0 aromatic heterocycles. The number of hydrogen-bond acceptors (Lipinski definition) is 3. The van der Waals surface area contributed by atoms with E-state index >= 15 is 0 Å².